The second-order valence-corrected chi connectivity index (χ2v) is 2.16. The Morgan fingerprint density at radius 3 is 2.80 bits per heavy atom. The molecule has 0 unspecified atom stereocenters. The van der Waals surface area contributed by atoms with Gasteiger partial charge in [0.05, 0.1) is 0 Å². The molecule has 3 nitrogen and oxygen atoms in total. The Labute approximate surface area is 62.4 Å². The molecule has 0 radical (unpaired) electrons. The molecule has 4 heteroatoms. The molecule has 0 atom stereocenters. The van der Waals surface area contributed by atoms with Gasteiger partial charge in [0, 0.05) is 11.8 Å². The van der Waals surface area contributed by atoms with Crippen LogP contribution in [0.2, 0.25) is 0 Å². The van der Waals surface area contributed by atoms with Crippen LogP contribution in [0.15, 0.2) is 17.4 Å². The first-order valence-corrected chi connectivity index (χ1v) is 3.09. The fraction of sp³-hybridized carbons (Fsp3) is 0. The molecule has 0 amide bonds. The van der Waals surface area contributed by atoms with Gasteiger partial charge in [-0.2, -0.15) is 0 Å². The fourth-order valence-electron chi connectivity index (χ4n) is 0.598. The highest BCUT2D eigenvalue weighted by Crippen LogP contribution is 1.88. The summed E-state index contributed by atoms with van der Waals surface area (Å²) in [6, 6.07) is 1.39. The van der Waals surface area contributed by atoms with Gasteiger partial charge in [-0.15, -0.1) is 0 Å². The van der Waals surface area contributed by atoms with Crippen LogP contribution in [0.4, 0.5) is 0 Å². The van der Waals surface area contributed by atoms with Crippen LogP contribution in [0.5, 0.6) is 0 Å². The van der Waals surface area contributed by atoms with E-state index in [9.17, 15) is 4.79 Å². The Morgan fingerprint density at radius 2 is 2.30 bits per heavy atom. The van der Waals surface area contributed by atoms with E-state index in [0.29, 0.717) is 10.5 Å². The maximum absolute atomic E-state index is 10.7. The Bertz CT molecular complexity index is 321. The standard InChI is InChI=1S/C6H6N2OS/c1-2-4-3-5(9)8-6(10)7-4/h2-3H,1H2,(H2,7,8,9,10). The molecule has 10 heavy (non-hydrogen) atoms. The lowest BCUT2D eigenvalue weighted by atomic mass is 10.4. The molecule has 0 aromatic carbocycles. The van der Waals surface area contributed by atoms with Gasteiger partial charge in [-0.05, 0) is 18.3 Å². The average Bonchev–Trinajstić information content (AvgIpc) is 1.85. The second kappa shape index (κ2) is 2.62. The van der Waals surface area contributed by atoms with Crippen LogP contribution in [0, 0.1) is 4.77 Å². The molecule has 0 saturated carbocycles. The number of hydrogen-bond acceptors (Lipinski definition) is 2. The van der Waals surface area contributed by atoms with E-state index in [0.717, 1.165) is 0 Å². The van der Waals surface area contributed by atoms with E-state index < -0.39 is 0 Å². The van der Waals surface area contributed by atoms with Crippen molar-refractivity contribution in [3.63, 3.8) is 0 Å². The number of aromatic amines is 2. The lowest BCUT2D eigenvalue weighted by Crippen LogP contribution is -2.05. The maximum Gasteiger partial charge on any atom is 0.252 e. The minimum absolute atomic E-state index is 0.210. The van der Waals surface area contributed by atoms with Crippen LogP contribution in [-0.2, 0) is 0 Å². The zero-order valence-corrected chi connectivity index (χ0v) is 5.99. The zero-order valence-electron chi connectivity index (χ0n) is 5.18. The minimum atomic E-state index is -0.210. The second-order valence-electron chi connectivity index (χ2n) is 1.75. The largest absolute Gasteiger partial charge is 0.332 e. The third-order valence-electron chi connectivity index (χ3n) is 1.00. The molecular formula is C6H6N2OS. The monoisotopic (exact) mass is 154 g/mol. The quantitative estimate of drug-likeness (QED) is 0.594. The van der Waals surface area contributed by atoms with Crippen molar-refractivity contribution in [2.45, 2.75) is 0 Å². The third-order valence-corrected chi connectivity index (χ3v) is 1.21. The van der Waals surface area contributed by atoms with Crippen LogP contribution in [0.25, 0.3) is 6.08 Å². The van der Waals surface area contributed by atoms with Crippen LogP contribution in [0.1, 0.15) is 5.69 Å². The molecule has 0 aliphatic rings. The van der Waals surface area contributed by atoms with Crippen molar-refractivity contribution in [2.75, 3.05) is 0 Å². The van der Waals surface area contributed by atoms with Gasteiger partial charge in [-0.3, -0.25) is 9.78 Å². The molecule has 0 bridgehead atoms. The highest BCUT2D eigenvalue weighted by Gasteiger charge is 1.86. The van der Waals surface area contributed by atoms with Crippen molar-refractivity contribution in [3.8, 4) is 0 Å². The van der Waals surface area contributed by atoms with Gasteiger partial charge in [-0.25, -0.2) is 0 Å². The summed E-state index contributed by atoms with van der Waals surface area (Å²) in [7, 11) is 0. The summed E-state index contributed by atoms with van der Waals surface area (Å²) in [5, 5.41) is 0. The summed E-state index contributed by atoms with van der Waals surface area (Å²) in [6.45, 7) is 3.48. The van der Waals surface area contributed by atoms with Gasteiger partial charge in [-0.1, -0.05) is 6.58 Å². The van der Waals surface area contributed by atoms with Crippen molar-refractivity contribution in [3.05, 3.63) is 33.5 Å². The van der Waals surface area contributed by atoms with Gasteiger partial charge in [0.25, 0.3) is 5.56 Å². The van der Waals surface area contributed by atoms with E-state index in [4.69, 9.17) is 12.2 Å². The van der Waals surface area contributed by atoms with Gasteiger partial charge in [0.1, 0.15) is 0 Å². The smallest absolute Gasteiger partial charge is 0.252 e. The van der Waals surface area contributed by atoms with E-state index in [1.165, 1.54) is 12.1 Å². The van der Waals surface area contributed by atoms with Gasteiger partial charge < -0.3 is 4.98 Å². The fourth-order valence-corrected chi connectivity index (χ4v) is 0.816. The number of nitrogens with one attached hydrogen (secondary N) is 2. The number of H-pyrrole nitrogens is 2. The molecule has 1 aromatic heterocycles. The average molecular weight is 154 g/mol. The Kier molecular flexibility index (Phi) is 1.82. The van der Waals surface area contributed by atoms with Gasteiger partial charge in [0.15, 0.2) is 4.77 Å². The molecule has 1 heterocycles. The van der Waals surface area contributed by atoms with Crippen LogP contribution in [0.3, 0.4) is 0 Å². The Hall–Kier alpha value is -1.16. The molecule has 0 saturated heterocycles. The molecule has 0 fully saturated rings. The SMILES string of the molecule is C=Cc1cc(=O)[nH]c(=S)[nH]1. The predicted molar refractivity (Wildman–Crippen MR) is 42.3 cm³/mol. The van der Waals surface area contributed by atoms with E-state index in [1.54, 1.807) is 0 Å². The van der Waals surface area contributed by atoms with E-state index >= 15 is 0 Å². The van der Waals surface area contributed by atoms with Crippen LogP contribution in [-0.4, -0.2) is 9.97 Å². The predicted octanol–water partition coefficient (Wildman–Crippen LogP) is 1.08. The van der Waals surface area contributed by atoms with E-state index in [1.807, 2.05) is 0 Å². The van der Waals surface area contributed by atoms with Crippen LogP contribution < -0.4 is 5.56 Å². The van der Waals surface area contributed by atoms with Crippen molar-refractivity contribution < 1.29 is 0 Å². The molecule has 2 N–H and O–H groups in total. The molecule has 1 rings (SSSR count). The summed E-state index contributed by atoms with van der Waals surface area (Å²) < 4.78 is 0.322. The van der Waals surface area contributed by atoms with Crippen LogP contribution >= 0.6 is 12.2 Å². The summed E-state index contributed by atoms with van der Waals surface area (Å²) in [6.07, 6.45) is 1.53. The maximum atomic E-state index is 10.7. The normalized spacial score (nSPS) is 9.20. The molecule has 0 aliphatic carbocycles. The first kappa shape index (κ1) is 6.95. The van der Waals surface area contributed by atoms with Crippen molar-refractivity contribution >= 4 is 18.3 Å². The van der Waals surface area contributed by atoms with Gasteiger partial charge >= 0.3 is 0 Å². The van der Waals surface area contributed by atoms with E-state index in [2.05, 4.69) is 16.5 Å². The highest BCUT2D eigenvalue weighted by molar-refractivity contribution is 7.71. The zero-order chi connectivity index (χ0) is 7.56. The van der Waals surface area contributed by atoms with Crippen molar-refractivity contribution in [2.24, 2.45) is 0 Å². The first-order valence-electron chi connectivity index (χ1n) is 2.68. The molecule has 1 aromatic rings. The lowest BCUT2D eigenvalue weighted by molar-refractivity contribution is 1.08. The van der Waals surface area contributed by atoms with Gasteiger partial charge in [0.2, 0.25) is 0 Å². The molecule has 0 spiro atoms. The van der Waals surface area contributed by atoms with Crippen molar-refractivity contribution in [1.29, 1.82) is 0 Å². The van der Waals surface area contributed by atoms with E-state index in [-0.39, 0.29) is 5.56 Å². The molecule has 0 aliphatic heterocycles. The number of aromatic nitrogens is 2. The van der Waals surface area contributed by atoms with Crippen molar-refractivity contribution in [1.82, 2.24) is 9.97 Å². The molecule has 52 valence electrons. The topological polar surface area (TPSA) is 48.6 Å². The molecular weight excluding hydrogens is 148 g/mol. The Balaban J connectivity index is 3.46. The number of rotatable bonds is 1. The highest BCUT2D eigenvalue weighted by atomic mass is 32.1. The lowest BCUT2D eigenvalue weighted by Gasteiger charge is -1.89. The summed E-state index contributed by atoms with van der Waals surface area (Å²) >= 11 is 4.69. The number of hydrogen-bond donors (Lipinski definition) is 2. The Morgan fingerprint density at radius 1 is 1.60 bits per heavy atom. The summed E-state index contributed by atoms with van der Waals surface area (Å²) in [5.41, 5.74) is 0.424. The summed E-state index contributed by atoms with van der Waals surface area (Å²) in [5.74, 6) is 0. The summed E-state index contributed by atoms with van der Waals surface area (Å²) in [4.78, 5) is 15.8. The minimum Gasteiger partial charge on any atom is -0.332 e. The first-order chi connectivity index (χ1) is 4.72. The third kappa shape index (κ3) is 1.41.